The predicted octanol–water partition coefficient (Wildman–Crippen LogP) is 14.9. The van der Waals surface area contributed by atoms with Crippen LogP contribution in [0.25, 0.3) is 0 Å². The molecule has 20 rings (SSSR count). The van der Waals surface area contributed by atoms with Gasteiger partial charge in [-0.3, -0.25) is 9.69 Å². The van der Waals surface area contributed by atoms with Gasteiger partial charge in [-0.2, -0.15) is 0 Å². The Kier molecular flexibility index (Phi) is 10.8. The van der Waals surface area contributed by atoms with Gasteiger partial charge in [-0.25, -0.2) is 4.79 Å². The lowest BCUT2D eigenvalue weighted by Crippen LogP contribution is -2.78. The van der Waals surface area contributed by atoms with Gasteiger partial charge in [0.25, 0.3) is 0 Å². The second-order valence-electron chi connectivity index (χ2n) is 33.6. The van der Waals surface area contributed by atoms with Crippen LogP contribution >= 0.6 is 0 Å². The van der Waals surface area contributed by atoms with Gasteiger partial charge in [-0.15, -0.1) is 5.92 Å². The molecule has 448 valence electrons. The van der Waals surface area contributed by atoms with Gasteiger partial charge in [0, 0.05) is 79.0 Å². The monoisotopic (exact) mass is 1140 g/mol. The maximum absolute atomic E-state index is 17.3. The van der Waals surface area contributed by atoms with E-state index in [4.69, 9.17) is 15.2 Å². The number of nitrogens with zero attached hydrogens (tertiary/aromatic N) is 2. The Labute approximate surface area is 506 Å². The van der Waals surface area contributed by atoms with Gasteiger partial charge in [-0.1, -0.05) is 105 Å². The summed E-state index contributed by atoms with van der Waals surface area (Å²) in [7, 11) is 0. The first kappa shape index (κ1) is 51.8. The van der Waals surface area contributed by atoms with Crippen LogP contribution in [0.5, 0.6) is 0 Å². The normalized spacial score (nSPS) is 50.1. The summed E-state index contributed by atoms with van der Waals surface area (Å²) in [6.07, 6.45) is 48.3. The number of aliphatic hydroxyl groups is 1. The molecule has 10 fully saturated rings. The number of aryl methyl sites for hydroxylation is 1. The Morgan fingerprint density at radius 3 is 2.51 bits per heavy atom. The Morgan fingerprint density at radius 1 is 0.765 bits per heavy atom. The molecule has 12 aliphatic carbocycles. The molecule has 85 heavy (non-hydrogen) atoms. The molecule has 7 aliphatic heterocycles. The van der Waals surface area contributed by atoms with E-state index in [-0.39, 0.29) is 53.0 Å². The van der Waals surface area contributed by atoms with Crippen LogP contribution < -0.4 is 5.73 Å². The Morgan fingerprint density at radius 2 is 1.61 bits per heavy atom. The lowest BCUT2D eigenvalue weighted by atomic mass is 9.27. The van der Waals surface area contributed by atoms with Crippen LogP contribution in [0.2, 0.25) is 0 Å². The van der Waals surface area contributed by atoms with E-state index in [1.807, 2.05) is 0 Å². The number of piperidine rings is 2. The van der Waals surface area contributed by atoms with E-state index < -0.39 is 16.4 Å². The largest absolute Gasteiger partial charge is 0.509 e. The molecule has 8 nitrogen and oxygen atoms in total. The summed E-state index contributed by atoms with van der Waals surface area (Å²) in [5, 5.41) is 14.5. The van der Waals surface area contributed by atoms with Crippen molar-refractivity contribution in [2.45, 2.75) is 229 Å². The minimum Gasteiger partial charge on any atom is -0.509 e. The third-order valence-corrected chi connectivity index (χ3v) is 31.7. The number of benzene rings is 1. The lowest BCUT2D eigenvalue weighted by Gasteiger charge is -2.73. The predicted molar refractivity (Wildman–Crippen MR) is 327 cm³/mol. The van der Waals surface area contributed by atoms with Gasteiger partial charge in [0.1, 0.15) is 11.2 Å². The summed E-state index contributed by atoms with van der Waals surface area (Å²) in [5.74, 6) is 12.8. The number of allylic oxidation sites excluding steroid dienone is 6. The molecule has 19 aliphatic rings. The Hall–Kier alpha value is -4.06. The first-order valence-electron chi connectivity index (χ1n) is 36.1. The highest BCUT2D eigenvalue weighted by Crippen LogP contribution is 2.89. The highest BCUT2D eigenvalue weighted by Gasteiger charge is 2.94. The molecule has 3 saturated heterocycles. The van der Waals surface area contributed by atoms with Crippen molar-refractivity contribution < 1.29 is 24.2 Å². The number of fused-ring (bicyclic) bond motifs is 9. The molecule has 10 bridgehead atoms. The SMILES string of the molecule is NCCCc1cccc2c1C(=O)O[C@@]21[C@H]2C[C@H]([C@@H]3CCCC4(CCCC4)C3)/C=C\[C@@H]3C4=C5CC[C@]16/C(=C(\O)C[C@H]1[C@@H]7CC8(CCCC8)[C@@]8(CCC[C@]89CCC[C@@H]9C#CC[C@H]8[C@H]9C[C@@H](CN81)[C@@H]1CCC8=C([C@@H]5[C@H]5[C@@H](CC=C[C@H]53)C8)N1C9)C7)OC(=O)[C@]426. The molecule has 0 amide bonds. The molecule has 7 spiro atoms. The first-order valence-corrected chi connectivity index (χ1v) is 36.1. The molecule has 7 heterocycles. The second-order valence-corrected chi connectivity index (χ2v) is 33.6. The average molecular weight is 1140 g/mol. The second kappa shape index (κ2) is 17.7. The van der Waals surface area contributed by atoms with Gasteiger partial charge < -0.3 is 25.2 Å². The van der Waals surface area contributed by atoms with Crippen molar-refractivity contribution in [1.82, 2.24) is 9.80 Å². The molecule has 8 heteroatoms. The molecule has 0 unspecified atom stereocenters. The topological polar surface area (TPSA) is 105 Å². The molecule has 20 atom stereocenters. The smallest absolute Gasteiger partial charge is 0.339 e. The van der Waals surface area contributed by atoms with Gasteiger partial charge in [0.2, 0.25) is 0 Å². The van der Waals surface area contributed by atoms with Crippen molar-refractivity contribution in [3.63, 3.8) is 0 Å². The number of carbonyl (C=O) groups is 2. The zero-order chi connectivity index (χ0) is 56.2. The van der Waals surface area contributed by atoms with Crippen LogP contribution in [0, 0.1) is 115 Å². The van der Waals surface area contributed by atoms with Crippen molar-refractivity contribution in [2.24, 2.45) is 109 Å². The maximum atomic E-state index is 17.3. The number of hydrogen-bond donors (Lipinski definition) is 2. The molecular formula is C77H95N3O5. The van der Waals surface area contributed by atoms with Crippen molar-refractivity contribution in [3.05, 3.63) is 93.1 Å². The molecule has 1 aromatic carbocycles. The van der Waals surface area contributed by atoms with Crippen LogP contribution in [0.15, 0.2) is 76.4 Å². The van der Waals surface area contributed by atoms with Gasteiger partial charge in [0.05, 0.1) is 11.0 Å². The highest BCUT2D eigenvalue weighted by atomic mass is 16.6. The number of nitrogens with two attached hydrogens (primary N) is 1. The van der Waals surface area contributed by atoms with Crippen molar-refractivity contribution in [2.75, 3.05) is 19.6 Å². The summed E-state index contributed by atoms with van der Waals surface area (Å²) in [6, 6.07) is 7.48. The first-order chi connectivity index (χ1) is 41.6. The maximum Gasteiger partial charge on any atom is 0.339 e. The molecule has 3 N–H and O–H groups in total. The van der Waals surface area contributed by atoms with Crippen LogP contribution in [0.4, 0.5) is 0 Å². The highest BCUT2D eigenvalue weighted by molar-refractivity contribution is 6.00. The van der Waals surface area contributed by atoms with E-state index in [9.17, 15) is 5.11 Å². The molecule has 0 radical (unpaired) electrons. The minimum absolute atomic E-state index is 0.0325. The van der Waals surface area contributed by atoms with Gasteiger partial charge >= 0.3 is 11.9 Å². The number of esters is 2. The lowest BCUT2D eigenvalue weighted by molar-refractivity contribution is -0.283. The number of hydrogen-bond acceptors (Lipinski definition) is 8. The van der Waals surface area contributed by atoms with E-state index >= 15 is 9.59 Å². The standard InChI is InChI=1S/C77H95N3O5/c78-35-10-15-45-12-6-19-57-64(45)69(82)85-77(57)62-38-46(49-14-8-28-71(40-49)26-1-2-27-71)21-23-55-54-18-5-13-47-36-48-22-24-59-50-37-51-44-80(59)67(48)65(63(47)54)56-25-34-75(77)68(84-70(83)76(62,75)66(55)56)61(81)39-60-52-41-72(29-3-4-30-72)74(42-52)33-11-32-73(74)31-9-17-53(73)16-7-20-58(51)79(60)43-50/h5-6,12,18-19,21,23,46-47,49-55,58-60,62-63,65,81H,1-4,8-11,13-15,17,20,22,24-44,78H2/b23-21-,68-61+/t46-,47+,49-,50+,51+,52-,53+,54+,55+,58+,59+,60+,62+,63+,65+,73+,74-,75-,76-,77-/m1/s1. The Bertz CT molecular complexity index is 3350. The van der Waals surface area contributed by atoms with Crippen molar-refractivity contribution >= 4 is 11.9 Å². The van der Waals surface area contributed by atoms with Gasteiger partial charge in [0.15, 0.2) is 11.4 Å². The quantitative estimate of drug-likeness (QED) is 0.175. The summed E-state index contributed by atoms with van der Waals surface area (Å²) in [5.41, 5.74) is 13.3. The van der Waals surface area contributed by atoms with Crippen molar-refractivity contribution in [3.8, 4) is 11.8 Å². The summed E-state index contributed by atoms with van der Waals surface area (Å²) in [4.78, 5) is 39.2. The minimum atomic E-state index is -1.19. The molecule has 7 saturated carbocycles. The van der Waals surface area contributed by atoms with Gasteiger partial charge in [-0.05, 0) is 234 Å². The summed E-state index contributed by atoms with van der Waals surface area (Å²) in [6.45, 7) is 2.72. The average Bonchev–Trinajstić information content (AvgIpc) is 1.54. The van der Waals surface area contributed by atoms with E-state index in [2.05, 4.69) is 64.1 Å². The van der Waals surface area contributed by atoms with E-state index in [0.717, 1.165) is 56.3 Å². The zero-order valence-corrected chi connectivity index (χ0v) is 51.0. The molecule has 0 aromatic heterocycles. The fraction of sp³-hybridized carbons (Fsp3) is 0.740. The number of rotatable bonds is 4. The van der Waals surface area contributed by atoms with Crippen molar-refractivity contribution in [1.29, 1.82) is 0 Å². The van der Waals surface area contributed by atoms with Crippen LogP contribution in [-0.2, 0) is 26.3 Å². The third-order valence-electron chi connectivity index (χ3n) is 31.7. The van der Waals surface area contributed by atoms with E-state index in [1.54, 1.807) is 16.8 Å². The molecule has 1 aromatic rings. The van der Waals surface area contributed by atoms with E-state index in [0.29, 0.717) is 113 Å². The van der Waals surface area contributed by atoms with Crippen LogP contribution in [0.1, 0.15) is 221 Å². The fourth-order valence-electron chi connectivity index (χ4n) is 29.5. The number of aliphatic hydroxyl groups excluding tert-OH is 1. The summed E-state index contributed by atoms with van der Waals surface area (Å²) >= 11 is 0. The number of carbonyl (C=O) groups excluding carboxylic acids is 2. The molecular weight excluding hydrogens is 1050 g/mol. The zero-order valence-electron chi connectivity index (χ0n) is 51.0. The third kappa shape index (κ3) is 6.02. The number of ether oxygens (including phenoxy) is 2. The Balaban J connectivity index is 0.859. The summed E-state index contributed by atoms with van der Waals surface area (Å²) < 4.78 is 15.3. The fourth-order valence-corrected chi connectivity index (χ4v) is 29.5. The van der Waals surface area contributed by atoms with Crippen LogP contribution in [-0.4, -0.2) is 64.6 Å². The van der Waals surface area contributed by atoms with Crippen LogP contribution in [0.3, 0.4) is 0 Å². The van der Waals surface area contributed by atoms with E-state index in [1.165, 1.54) is 160 Å².